The van der Waals surface area contributed by atoms with Crippen LogP contribution in [0.1, 0.15) is 21.7 Å². The van der Waals surface area contributed by atoms with Gasteiger partial charge in [0.1, 0.15) is 23.9 Å². The molecule has 2 aromatic carbocycles. The SMILES string of the molecule is O=C(NCc1cccc(OCc2ccccn2)c1)c1ccn(-c2ccccc2F)n1. The molecule has 0 atom stereocenters. The zero-order valence-electron chi connectivity index (χ0n) is 16.0. The topological polar surface area (TPSA) is 69.0 Å². The Labute approximate surface area is 173 Å². The number of nitrogens with zero attached hydrogens (tertiary/aromatic N) is 3. The molecule has 0 aliphatic rings. The van der Waals surface area contributed by atoms with Gasteiger partial charge < -0.3 is 10.1 Å². The first-order valence-corrected chi connectivity index (χ1v) is 9.39. The smallest absolute Gasteiger partial charge is 0.272 e. The summed E-state index contributed by atoms with van der Waals surface area (Å²) in [6, 6.07) is 20.9. The third-order valence-electron chi connectivity index (χ3n) is 4.39. The van der Waals surface area contributed by atoms with Crippen molar-refractivity contribution >= 4 is 5.91 Å². The maximum Gasteiger partial charge on any atom is 0.272 e. The van der Waals surface area contributed by atoms with Crippen molar-refractivity contribution in [3.8, 4) is 11.4 Å². The Balaban J connectivity index is 1.36. The molecular formula is C23H19FN4O2. The Morgan fingerprint density at radius 2 is 1.90 bits per heavy atom. The molecular weight excluding hydrogens is 383 g/mol. The minimum atomic E-state index is -0.407. The van der Waals surface area contributed by atoms with Crippen molar-refractivity contribution in [2.45, 2.75) is 13.2 Å². The van der Waals surface area contributed by atoms with Gasteiger partial charge in [-0.25, -0.2) is 9.07 Å². The lowest BCUT2D eigenvalue weighted by Gasteiger charge is -2.08. The fraction of sp³-hybridized carbons (Fsp3) is 0.0870. The molecule has 0 aliphatic heterocycles. The second-order valence-corrected chi connectivity index (χ2v) is 6.54. The summed E-state index contributed by atoms with van der Waals surface area (Å²) in [7, 11) is 0. The number of aromatic nitrogens is 3. The molecule has 0 aliphatic carbocycles. The molecule has 6 nitrogen and oxygen atoms in total. The van der Waals surface area contributed by atoms with Crippen molar-refractivity contribution in [3.63, 3.8) is 0 Å². The van der Waals surface area contributed by atoms with Gasteiger partial charge >= 0.3 is 0 Å². The number of hydrogen-bond donors (Lipinski definition) is 1. The fourth-order valence-electron chi connectivity index (χ4n) is 2.88. The van der Waals surface area contributed by atoms with Crippen LogP contribution in [0.5, 0.6) is 5.75 Å². The van der Waals surface area contributed by atoms with Gasteiger partial charge in [0.25, 0.3) is 5.91 Å². The summed E-state index contributed by atoms with van der Waals surface area (Å²) >= 11 is 0. The lowest BCUT2D eigenvalue weighted by Crippen LogP contribution is -2.23. The van der Waals surface area contributed by atoms with Crippen LogP contribution in [0.4, 0.5) is 4.39 Å². The zero-order valence-corrected chi connectivity index (χ0v) is 16.0. The molecule has 0 saturated carbocycles. The van der Waals surface area contributed by atoms with E-state index in [1.165, 1.54) is 10.7 Å². The summed E-state index contributed by atoms with van der Waals surface area (Å²) in [5, 5.41) is 6.99. The van der Waals surface area contributed by atoms with Crippen LogP contribution in [-0.2, 0) is 13.2 Å². The van der Waals surface area contributed by atoms with Crippen LogP contribution in [-0.4, -0.2) is 20.7 Å². The van der Waals surface area contributed by atoms with Crippen LogP contribution in [0.15, 0.2) is 85.2 Å². The van der Waals surface area contributed by atoms with Gasteiger partial charge in [0.05, 0.1) is 5.69 Å². The summed E-state index contributed by atoms with van der Waals surface area (Å²) in [4.78, 5) is 16.6. The van der Waals surface area contributed by atoms with Crippen LogP contribution in [0.2, 0.25) is 0 Å². The highest BCUT2D eigenvalue weighted by atomic mass is 19.1. The lowest BCUT2D eigenvalue weighted by atomic mass is 10.2. The molecule has 0 bridgehead atoms. The van der Waals surface area contributed by atoms with Crippen LogP contribution in [0, 0.1) is 5.82 Å². The maximum absolute atomic E-state index is 13.9. The fourth-order valence-corrected chi connectivity index (χ4v) is 2.88. The number of rotatable bonds is 7. The lowest BCUT2D eigenvalue weighted by molar-refractivity contribution is 0.0945. The minimum absolute atomic E-state index is 0.209. The number of carbonyl (C=O) groups is 1. The third-order valence-corrected chi connectivity index (χ3v) is 4.39. The first kappa shape index (κ1) is 19.3. The monoisotopic (exact) mass is 402 g/mol. The molecule has 0 spiro atoms. The van der Waals surface area contributed by atoms with Gasteiger partial charge in [0, 0.05) is 18.9 Å². The van der Waals surface area contributed by atoms with E-state index in [2.05, 4.69) is 15.4 Å². The van der Waals surface area contributed by atoms with Crippen molar-refractivity contribution in [3.05, 3.63) is 108 Å². The molecule has 0 unspecified atom stereocenters. The number of pyridine rings is 1. The van der Waals surface area contributed by atoms with E-state index < -0.39 is 5.82 Å². The number of benzene rings is 2. The van der Waals surface area contributed by atoms with Crippen molar-refractivity contribution in [1.29, 1.82) is 0 Å². The normalized spacial score (nSPS) is 10.6. The third kappa shape index (κ3) is 4.70. The Morgan fingerprint density at radius 3 is 2.73 bits per heavy atom. The highest BCUT2D eigenvalue weighted by Crippen LogP contribution is 2.15. The second-order valence-electron chi connectivity index (χ2n) is 6.54. The molecule has 150 valence electrons. The van der Waals surface area contributed by atoms with Crippen LogP contribution in [0.3, 0.4) is 0 Å². The quantitative estimate of drug-likeness (QED) is 0.509. The first-order chi connectivity index (χ1) is 14.7. The van der Waals surface area contributed by atoms with Crippen molar-refractivity contribution in [2.75, 3.05) is 0 Å². The van der Waals surface area contributed by atoms with Crippen LogP contribution >= 0.6 is 0 Å². The van der Waals surface area contributed by atoms with Crippen molar-refractivity contribution in [1.82, 2.24) is 20.1 Å². The summed E-state index contributed by atoms with van der Waals surface area (Å²) in [6.07, 6.45) is 3.28. The number of carbonyl (C=O) groups excluding carboxylic acids is 1. The highest BCUT2D eigenvalue weighted by molar-refractivity contribution is 5.92. The highest BCUT2D eigenvalue weighted by Gasteiger charge is 2.12. The van der Waals surface area contributed by atoms with Crippen LogP contribution < -0.4 is 10.1 Å². The van der Waals surface area contributed by atoms with E-state index >= 15 is 0 Å². The van der Waals surface area contributed by atoms with Gasteiger partial charge in [-0.05, 0) is 48.0 Å². The van der Waals surface area contributed by atoms with E-state index in [9.17, 15) is 9.18 Å². The summed E-state index contributed by atoms with van der Waals surface area (Å²) in [6.45, 7) is 0.677. The predicted molar refractivity (Wildman–Crippen MR) is 110 cm³/mol. The average molecular weight is 402 g/mol. The number of ether oxygens (including phenoxy) is 1. The summed E-state index contributed by atoms with van der Waals surface area (Å²) in [5.41, 5.74) is 2.21. The molecule has 30 heavy (non-hydrogen) atoms. The largest absolute Gasteiger partial charge is 0.487 e. The van der Waals surface area contributed by atoms with E-state index in [-0.39, 0.29) is 17.3 Å². The number of amides is 1. The van der Waals surface area contributed by atoms with Gasteiger partial charge in [0.2, 0.25) is 0 Å². The van der Waals surface area contributed by atoms with Crippen LogP contribution in [0.25, 0.3) is 5.69 Å². The van der Waals surface area contributed by atoms with Gasteiger partial charge in [-0.3, -0.25) is 9.78 Å². The summed E-state index contributed by atoms with van der Waals surface area (Å²) < 4.78 is 21.0. The molecule has 0 radical (unpaired) electrons. The average Bonchev–Trinajstić information content (AvgIpc) is 3.27. The Morgan fingerprint density at radius 1 is 1.03 bits per heavy atom. The van der Waals surface area contributed by atoms with E-state index in [1.54, 1.807) is 36.7 Å². The molecule has 2 aromatic heterocycles. The van der Waals surface area contributed by atoms with E-state index in [0.717, 1.165) is 11.3 Å². The van der Waals surface area contributed by atoms with E-state index in [4.69, 9.17) is 4.74 Å². The van der Waals surface area contributed by atoms with E-state index in [1.807, 2.05) is 42.5 Å². The predicted octanol–water partition coefficient (Wildman–Crippen LogP) is 3.92. The number of nitrogens with one attached hydrogen (secondary N) is 1. The second kappa shape index (κ2) is 9.00. The molecule has 7 heteroatoms. The molecule has 1 N–H and O–H groups in total. The van der Waals surface area contributed by atoms with Gasteiger partial charge in [-0.15, -0.1) is 0 Å². The Kier molecular flexibility index (Phi) is 5.80. The molecule has 1 amide bonds. The Hall–Kier alpha value is -4.00. The van der Waals surface area contributed by atoms with Gasteiger partial charge in [0.15, 0.2) is 5.69 Å². The van der Waals surface area contributed by atoms with E-state index in [0.29, 0.717) is 18.9 Å². The molecule has 0 fully saturated rings. The Bertz CT molecular complexity index is 1140. The van der Waals surface area contributed by atoms with Crippen molar-refractivity contribution in [2.24, 2.45) is 0 Å². The standard InChI is InChI=1S/C23H19FN4O2/c24-20-9-1-2-10-22(20)28-13-11-21(27-28)23(29)26-15-17-6-5-8-19(14-17)30-16-18-7-3-4-12-25-18/h1-14H,15-16H2,(H,26,29). The van der Waals surface area contributed by atoms with Gasteiger partial charge in [-0.2, -0.15) is 5.10 Å². The molecule has 0 saturated heterocycles. The minimum Gasteiger partial charge on any atom is -0.487 e. The number of para-hydroxylation sites is 1. The van der Waals surface area contributed by atoms with Gasteiger partial charge in [-0.1, -0.05) is 30.3 Å². The number of hydrogen-bond acceptors (Lipinski definition) is 4. The summed E-state index contributed by atoms with van der Waals surface area (Å²) in [5.74, 6) is -0.0591. The molecule has 4 rings (SSSR count). The molecule has 2 heterocycles. The zero-order chi connectivity index (χ0) is 20.8. The first-order valence-electron chi connectivity index (χ1n) is 9.39. The number of halogens is 1. The van der Waals surface area contributed by atoms with Crippen molar-refractivity contribution < 1.29 is 13.9 Å². The maximum atomic E-state index is 13.9. The molecule has 4 aromatic rings.